The summed E-state index contributed by atoms with van der Waals surface area (Å²) in [7, 11) is 0. The van der Waals surface area contributed by atoms with Crippen molar-refractivity contribution in [3.05, 3.63) is 113 Å². The standard InChI is InChI=1S/C28H24F6/c1-2-3-8-23(29)27(33)20-12-9-18(10-13-20)6-4-5-7-19-11-14-22(24(30)15-19)21-16-25(31)28(34)26(32)17-21/h2,9-17H,1,3-8H2. The van der Waals surface area contributed by atoms with Gasteiger partial charge in [0.05, 0.1) is 0 Å². The van der Waals surface area contributed by atoms with Gasteiger partial charge in [-0.05, 0) is 67.0 Å². The zero-order chi connectivity index (χ0) is 24.7. The summed E-state index contributed by atoms with van der Waals surface area (Å²) in [6, 6.07) is 12.5. The summed E-state index contributed by atoms with van der Waals surface area (Å²) in [6.45, 7) is 3.49. The van der Waals surface area contributed by atoms with E-state index in [1.807, 2.05) is 0 Å². The van der Waals surface area contributed by atoms with Gasteiger partial charge < -0.3 is 0 Å². The summed E-state index contributed by atoms with van der Waals surface area (Å²) in [4.78, 5) is 0. The second kappa shape index (κ2) is 11.7. The van der Waals surface area contributed by atoms with Crippen LogP contribution < -0.4 is 0 Å². The molecule has 0 nitrogen and oxygen atoms in total. The van der Waals surface area contributed by atoms with Crippen LogP contribution in [0.3, 0.4) is 0 Å². The van der Waals surface area contributed by atoms with Gasteiger partial charge >= 0.3 is 0 Å². The molecule has 34 heavy (non-hydrogen) atoms. The molecule has 0 atom stereocenters. The number of aryl methyl sites for hydroxylation is 2. The van der Waals surface area contributed by atoms with Gasteiger partial charge in [-0.25, -0.2) is 26.3 Å². The van der Waals surface area contributed by atoms with Crippen molar-refractivity contribution in [2.24, 2.45) is 0 Å². The van der Waals surface area contributed by atoms with Gasteiger partial charge in [-0.3, -0.25) is 0 Å². The molecular formula is C28H24F6. The van der Waals surface area contributed by atoms with Crippen molar-refractivity contribution < 1.29 is 26.3 Å². The molecule has 0 fully saturated rings. The Bertz CT molecular complexity index is 1150. The minimum atomic E-state index is -1.59. The Hall–Kier alpha value is -3.28. The third kappa shape index (κ3) is 6.40. The highest BCUT2D eigenvalue weighted by Crippen LogP contribution is 2.28. The Morgan fingerprint density at radius 2 is 1.32 bits per heavy atom. The van der Waals surface area contributed by atoms with Crippen LogP contribution in [0.15, 0.2) is 73.1 Å². The van der Waals surface area contributed by atoms with Gasteiger partial charge in [-0.1, -0.05) is 42.5 Å². The molecule has 0 radical (unpaired) electrons. The molecule has 0 aliphatic rings. The first-order chi connectivity index (χ1) is 16.3. The fourth-order valence-corrected chi connectivity index (χ4v) is 3.63. The van der Waals surface area contributed by atoms with E-state index in [4.69, 9.17) is 0 Å². The minimum absolute atomic E-state index is 0.0103. The van der Waals surface area contributed by atoms with Crippen LogP contribution in [0.25, 0.3) is 17.0 Å². The average molecular weight is 474 g/mol. The number of halogens is 6. The molecule has 3 rings (SSSR count). The SMILES string of the molecule is C=CCCC(F)=C(F)c1ccc(CCCCc2ccc(-c3cc(F)c(F)c(F)c3)c(F)c2)cc1. The Labute approximate surface area is 195 Å². The molecule has 3 aromatic rings. The maximum absolute atomic E-state index is 14.5. The fraction of sp³-hybridized carbons (Fsp3) is 0.214. The molecule has 3 aromatic carbocycles. The number of hydrogen-bond acceptors (Lipinski definition) is 0. The molecule has 0 saturated heterocycles. The lowest BCUT2D eigenvalue weighted by Gasteiger charge is -2.08. The molecule has 0 aliphatic heterocycles. The van der Waals surface area contributed by atoms with Crippen LogP contribution in [0.2, 0.25) is 0 Å². The largest absolute Gasteiger partial charge is 0.209 e. The summed E-state index contributed by atoms with van der Waals surface area (Å²) in [5.74, 6) is -6.63. The molecule has 0 aromatic heterocycles. The number of rotatable bonds is 10. The maximum Gasteiger partial charge on any atom is 0.194 e. The maximum atomic E-state index is 14.5. The van der Waals surface area contributed by atoms with Crippen LogP contribution >= 0.6 is 0 Å². The summed E-state index contributed by atoms with van der Waals surface area (Å²) < 4.78 is 82.4. The number of unbranched alkanes of at least 4 members (excludes halogenated alkanes) is 1. The molecule has 0 amide bonds. The molecule has 0 bridgehead atoms. The third-order valence-corrected chi connectivity index (χ3v) is 5.52. The van der Waals surface area contributed by atoms with Crippen molar-refractivity contribution in [1.29, 1.82) is 0 Å². The molecule has 178 valence electrons. The molecule has 0 saturated carbocycles. The summed E-state index contributed by atoms with van der Waals surface area (Å²) in [5.41, 5.74) is 1.81. The van der Waals surface area contributed by atoms with Crippen molar-refractivity contribution in [1.82, 2.24) is 0 Å². The van der Waals surface area contributed by atoms with Gasteiger partial charge in [0, 0.05) is 17.5 Å². The average Bonchev–Trinajstić information content (AvgIpc) is 2.83. The van der Waals surface area contributed by atoms with Gasteiger partial charge in [-0.15, -0.1) is 6.58 Å². The third-order valence-electron chi connectivity index (χ3n) is 5.52. The monoisotopic (exact) mass is 474 g/mol. The topological polar surface area (TPSA) is 0 Å². The fourth-order valence-electron chi connectivity index (χ4n) is 3.63. The number of hydrogen-bond donors (Lipinski definition) is 0. The highest BCUT2D eigenvalue weighted by molar-refractivity contribution is 5.65. The zero-order valence-corrected chi connectivity index (χ0v) is 18.5. The Kier molecular flexibility index (Phi) is 8.74. The highest BCUT2D eigenvalue weighted by Gasteiger charge is 2.14. The lowest BCUT2D eigenvalue weighted by atomic mass is 9.99. The van der Waals surface area contributed by atoms with Crippen LogP contribution in [0.4, 0.5) is 26.3 Å². The van der Waals surface area contributed by atoms with E-state index in [2.05, 4.69) is 6.58 Å². The minimum Gasteiger partial charge on any atom is -0.209 e. The van der Waals surface area contributed by atoms with Crippen LogP contribution in [0, 0.1) is 23.3 Å². The van der Waals surface area contributed by atoms with Gasteiger partial charge in [0.2, 0.25) is 0 Å². The Morgan fingerprint density at radius 3 is 1.91 bits per heavy atom. The first kappa shape index (κ1) is 25.3. The van der Waals surface area contributed by atoms with Crippen LogP contribution in [-0.4, -0.2) is 0 Å². The smallest absolute Gasteiger partial charge is 0.194 e. The molecule has 0 heterocycles. The van der Waals surface area contributed by atoms with E-state index in [1.54, 1.807) is 30.3 Å². The van der Waals surface area contributed by atoms with E-state index in [0.717, 1.165) is 42.5 Å². The lowest BCUT2D eigenvalue weighted by Crippen LogP contribution is -1.95. The van der Waals surface area contributed by atoms with E-state index in [-0.39, 0.29) is 23.1 Å². The highest BCUT2D eigenvalue weighted by atomic mass is 19.2. The van der Waals surface area contributed by atoms with E-state index in [0.29, 0.717) is 12.8 Å². The number of benzene rings is 3. The second-order valence-electron chi connectivity index (χ2n) is 8.02. The number of allylic oxidation sites excluding steroid dienone is 2. The zero-order valence-electron chi connectivity index (χ0n) is 18.5. The van der Waals surface area contributed by atoms with Crippen molar-refractivity contribution in [3.8, 4) is 11.1 Å². The predicted molar refractivity (Wildman–Crippen MR) is 123 cm³/mol. The van der Waals surface area contributed by atoms with Crippen molar-refractivity contribution in [2.75, 3.05) is 0 Å². The van der Waals surface area contributed by atoms with E-state index in [9.17, 15) is 26.3 Å². The Morgan fingerprint density at radius 1 is 0.735 bits per heavy atom. The van der Waals surface area contributed by atoms with Crippen LogP contribution in [-0.2, 0) is 12.8 Å². The molecule has 6 heteroatoms. The van der Waals surface area contributed by atoms with Crippen LogP contribution in [0.1, 0.15) is 42.4 Å². The van der Waals surface area contributed by atoms with Gasteiger partial charge in [0.25, 0.3) is 0 Å². The van der Waals surface area contributed by atoms with Crippen molar-refractivity contribution in [2.45, 2.75) is 38.5 Å². The molecule has 0 N–H and O–H groups in total. The normalized spacial score (nSPS) is 11.9. The van der Waals surface area contributed by atoms with Crippen molar-refractivity contribution >= 4 is 5.83 Å². The van der Waals surface area contributed by atoms with Gasteiger partial charge in [-0.2, -0.15) is 0 Å². The summed E-state index contributed by atoms with van der Waals surface area (Å²) >= 11 is 0. The van der Waals surface area contributed by atoms with Crippen LogP contribution in [0.5, 0.6) is 0 Å². The van der Waals surface area contributed by atoms with Gasteiger partial charge in [0.1, 0.15) is 11.6 Å². The van der Waals surface area contributed by atoms with E-state index >= 15 is 0 Å². The Balaban J connectivity index is 1.54. The predicted octanol–water partition coefficient (Wildman–Crippen LogP) is 9.05. The molecular weight excluding hydrogens is 450 g/mol. The van der Waals surface area contributed by atoms with Crippen molar-refractivity contribution in [3.63, 3.8) is 0 Å². The van der Waals surface area contributed by atoms with Gasteiger partial charge in [0.15, 0.2) is 23.3 Å². The first-order valence-electron chi connectivity index (χ1n) is 11.0. The molecule has 0 spiro atoms. The summed E-state index contributed by atoms with van der Waals surface area (Å²) in [6.07, 6.45) is 4.75. The lowest BCUT2D eigenvalue weighted by molar-refractivity contribution is 0.447. The first-order valence-corrected chi connectivity index (χ1v) is 11.0. The second-order valence-corrected chi connectivity index (χ2v) is 8.02. The quantitative estimate of drug-likeness (QED) is 0.119. The van der Waals surface area contributed by atoms with E-state index in [1.165, 1.54) is 18.2 Å². The molecule has 0 aliphatic carbocycles. The summed E-state index contributed by atoms with van der Waals surface area (Å²) in [5, 5.41) is 0. The molecule has 0 unspecified atom stereocenters. The van der Waals surface area contributed by atoms with E-state index < -0.39 is 34.9 Å².